The number of alkyl halides is 2. The molecule has 0 saturated heterocycles. The van der Waals surface area contributed by atoms with Gasteiger partial charge < -0.3 is 9.84 Å². The monoisotopic (exact) mass is 292 g/mol. The SMILES string of the molecule is CCCOc1ccc(C(O)c2cccc(C(F)F)c2)cc1. The summed E-state index contributed by atoms with van der Waals surface area (Å²) in [7, 11) is 0. The van der Waals surface area contributed by atoms with Crippen molar-refractivity contribution in [2.75, 3.05) is 6.61 Å². The van der Waals surface area contributed by atoms with E-state index < -0.39 is 12.5 Å². The lowest BCUT2D eigenvalue weighted by Gasteiger charge is -2.13. The third kappa shape index (κ3) is 4.02. The molecular formula is C17H18F2O2. The molecule has 0 saturated carbocycles. The van der Waals surface area contributed by atoms with Crippen LogP contribution in [-0.2, 0) is 0 Å². The van der Waals surface area contributed by atoms with Gasteiger partial charge >= 0.3 is 0 Å². The largest absolute Gasteiger partial charge is 0.494 e. The topological polar surface area (TPSA) is 29.5 Å². The van der Waals surface area contributed by atoms with Gasteiger partial charge in [-0.25, -0.2) is 8.78 Å². The zero-order chi connectivity index (χ0) is 15.2. The lowest BCUT2D eigenvalue weighted by atomic mass is 10.00. The first-order chi connectivity index (χ1) is 10.1. The van der Waals surface area contributed by atoms with Crippen LogP contribution in [0.2, 0.25) is 0 Å². The van der Waals surface area contributed by atoms with Gasteiger partial charge in [0.2, 0.25) is 0 Å². The summed E-state index contributed by atoms with van der Waals surface area (Å²) in [5, 5.41) is 10.3. The van der Waals surface area contributed by atoms with Crippen LogP contribution in [0.1, 0.15) is 42.6 Å². The molecule has 0 aliphatic carbocycles. The van der Waals surface area contributed by atoms with Gasteiger partial charge in [0.1, 0.15) is 11.9 Å². The third-order valence-electron chi connectivity index (χ3n) is 3.15. The molecule has 2 rings (SSSR count). The zero-order valence-corrected chi connectivity index (χ0v) is 11.8. The summed E-state index contributed by atoms with van der Waals surface area (Å²) in [6.45, 7) is 2.66. The molecule has 0 spiro atoms. The van der Waals surface area contributed by atoms with Crippen molar-refractivity contribution in [3.05, 3.63) is 65.2 Å². The second kappa shape index (κ2) is 7.18. The molecule has 0 amide bonds. The average Bonchev–Trinajstić information content (AvgIpc) is 2.53. The highest BCUT2D eigenvalue weighted by Gasteiger charge is 2.14. The van der Waals surface area contributed by atoms with Crippen LogP contribution in [0, 0.1) is 0 Å². The van der Waals surface area contributed by atoms with Crippen molar-refractivity contribution in [2.24, 2.45) is 0 Å². The van der Waals surface area contributed by atoms with Gasteiger partial charge in [0, 0.05) is 5.56 Å². The Bertz CT molecular complexity index is 567. The quantitative estimate of drug-likeness (QED) is 0.849. The van der Waals surface area contributed by atoms with Crippen molar-refractivity contribution in [2.45, 2.75) is 25.9 Å². The van der Waals surface area contributed by atoms with Crippen LogP contribution in [-0.4, -0.2) is 11.7 Å². The fraction of sp³-hybridized carbons (Fsp3) is 0.294. The Morgan fingerprint density at radius 2 is 1.67 bits per heavy atom. The first-order valence-corrected chi connectivity index (χ1v) is 6.90. The highest BCUT2D eigenvalue weighted by molar-refractivity contribution is 5.35. The van der Waals surface area contributed by atoms with Crippen molar-refractivity contribution in [1.29, 1.82) is 0 Å². The van der Waals surface area contributed by atoms with Gasteiger partial charge in [-0.2, -0.15) is 0 Å². The number of halogens is 2. The minimum Gasteiger partial charge on any atom is -0.494 e. The summed E-state index contributed by atoms with van der Waals surface area (Å²) in [4.78, 5) is 0. The minimum atomic E-state index is -2.54. The van der Waals surface area contributed by atoms with Crippen molar-refractivity contribution in [3.63, 3.8) is 0 Å². The highest BCUT2D eigenvalue weighted by atomic mass is 19.3. The van der Waals surface area contributed by atoms with E-state index in [2.05, 4.69) is 0 Å². The molecule has 1 N–H and O–H groups in total. The minimum absolute atomic E-state index is 0.0885. The lowest BCUT2D eigenvalue weighted by molar-refractivity contribution is 0.150. The van der Waals surface area contributed by atoms with Crippen molar-refractivity contribution in [1.82, 2.24) is 0 Å². The van der Waals surface area contributed by atoms with Crippen LogP contribution >= 0.6 is 0 Å². The van der Waals surface area contributed by atoms with Gasteiger partial charge in [0.25, 0.3) is 6.43 Å². The Morgan fingerprint density at radius 1 is 1.00 bits per heavy atom. The molecule has 1 unspecified atom stereocenters. The first-order valence-electron chi connectivity index (χ1n) is 6.90. The molecular weight excluding hydrogens is 274 g/mol. The molecule has 0 bridgehead atoms. The molecule has 2 nitrogen and oxygen atoms in total. The van der Waals surface area contributed by atoms with E-state index >= 15 is 0 Å². The van der Waals surface area contributed by atoms with E-state index in [0.717, 1.165) is 12.2 Å². The van der Waals surface area contributed by atoms with Crippen molar-refractivity contribution < 1.29 is 18.6 Å². The Morgan fingerprint density at radius 3 is 2.29 bits per heavy atom. The fourth-order valence-corrected chi connectivity index (χ4v) is 2.02. The van der Waals surface area contributed by atoms with E-state index in [1.165, 1.54) is 18.2 Å². The molecule has 0 fully saturated rings. The Balaban J connectivity index is 2.15. The zero-order valence-electron chi connectivity index (χ0n) is 11.8. The normalized spacial score (nSPS) is 12.4. The summed E-state index contributed by atoms with van der Waals surface area (Å²) in [6, 6.07) is 12.9. The predicted molar refractivity (Wildman–Crippen MR) is 77.7 cm³/mol. The predicted octanol–water partition coefficient (Wildman–Crippen LogP) is 4.49. The summed E-state index contributed by atoms with van der Waals surface area (Å²) in [6.07, 6.45) is -2.55. The van der Waals surface area contributed by atoms with E-state index in [1.807, 2.05) is 6.92 Å². The second-order valence-electron chi connectivity index (χ2n) is 4.79. The molecule has 0 heterocycles. The molecule has 0 radical (unpaired) electrons. The maximum atomic E-state index is 12.7. The van der Waals surface area contributed by atoms with E-state index in [1.54, 1.807) is 30.3 Å². The molecule has 112 valence electrons. The van der Waals surface area contributed by atoms with Crippen LogP contribution < -0.4 is 4.74 Å². The van der Waals surface area contributed by atoms with Gasteiger partial charge in [0.05, 0.1) is 6.61 Å². The number of hydrogen-bond acceptors (Lipinski definition) is 2. The fourth-order valence-electron chi connectivity index (χ4n) is 2.02. The van der Waals surface area contributed by atoms with Crippen molar-refractivity contribution >= 4 is 0 Å². The summed E-state index contributed by atoms with van der Waals surface area (Å²) in [5.41, 5.74) is 1.01. The number of rotatable bonds is 6. The molecule has 2 aromatic carbocycles. The summed E-state index contributed by atoms with van der Waals surface area (Å²) in [5.74, 6) is 0.731. The molecule has 4 heteroatoms. The molecule has 2 aromatic rings. The van der Waals surface area contributed by atoms with Crippen LogP contribution in [0.5, 0.6) is 5.75 Å². The van der Waals surface area contributed by atoms with E-state index in [4.69, 9.17) is 4.74 Å². The Kier molecular flexibility index (Phi) is 5.28. The van der Waals surface area contributed by atoms with Crippen LogP contribution in [0.25, 0.3) is 0 Å². The standard InChI is InChI=1S/C17H18F2O2/c1-2-10-21-15-8-6-12(7-9-15)16(20)13-4-3-5-14(11-13)17(18)19/h3-9,11,16-17,20H,2,10H2,1H3. The number of aliphatic hydroxyl groups is 1. The lowest BCUT2D eigenvalue weighted by Crippen LogP contribution is -2.01. The maximum absolute atomic E-state index is 12.7. The van der Waals surface area contributed by atoms with Gasteiger partial charge in [-0.1, -0.05) is 37.3 Å². The highest BCUT2D eigenvalue weighted by Crippen LogP contribution is 2.27. The van der Waals surface area contributed by atoms with Crippen LogP contribution in [0.3, 0.4) is 0 Å². The van der Waals surface area contributed by atoms with Gasteiger partial charge in [0.15, 0.2) is 0 Å². The van der Waals surface area contributed by atoms with E-state index in [-0.39, 0.29) is 5.56 Å². The summed E-state index contributed by atoms with van der Waals surface area (Å²) >= 11 is 0. The molecule has 21 heavy (non-hydrogen) atoms. The average molecular weight is 292 g/mol. The van der Waals surface area contributed by atoms with Gasteiger partial charge in [-0.05, 0) is 35.7 Å². The number of benzene rings is 2. The third-order valence-corrected chi connectivity index (χ3v) is 3.15. The molecule has 1 atom stereocenters. The second-order valence-corrected chi connectivity index (χ2v) is 4.79. The van der Waals surface area contributed by atoms with Crippen LogP contribution in [0.4, 0.5) is 8.78 Å². The van der Waals surface area contributed by atoms with Gasteiger partial charge in [-0.15, -0.1) is 0 Å². The molecule has 0 aliphatic rings. The maximum Gasteiger partial charge on any atom is 0.263 e. The Hall–Kier alpha value is -1.94. The van der Waals surface area contributed by atoms with E-state index in [9.17, 15) is 13.9 Å². The van der Waals surface area contributed by atoms with Crippen molar-refractivity contribution in [3.8, 4) is 5.75 Å². The number of ether oxygens (including phenoxy) is 1. The molecule has 0 aromatic heterocycles. The number of aliphatic hydroxyl groups excluding tert-OH is 1. The Labute approximate surface area is 123 Å². The molecule has 0 aliphatic heterocycles. The van der Waals surface area contributed by atoms with Crippen LogP contribution in [0.15, 0.2) is 48.5 Å². The number of hydrogen-bond donors (Lipinski definition) is 1. The summed E-state index contributed by atoms with van der Waals surface area (Å²) < 4.78 is 30.8. The van der Waals surface area contributed by atoms with Gasteiger partial charge in [-0.3, -0.25) is 0 Å². The first kappa shape index (κ1) is 15.4. The smallest absolute Gasteiger partial charge is 0.263 e. The van der Waals surface area contributed by atoms with E-state index in [0.29, 0.717) is 17.7 Å².